The number of hydroxylamine groups is 3. The molecule has 0 spiro atoms. The summed E-state index contributed by atoms with van der Waals surface area (Å²) < 4.78 is 5.75. The molecular formula is C26H35N3O3. The smallest absolute Gasteiger partial charge is 0.256 e. The molecular weight excluding hydrogens is 402 g/mol. The predicted molar refractivity (Wildman–Crippen MR) is 129 cm³/mol. The summed E-state index contributed by atoms with van der Waals surface area (Å²) in [5, 5.41) is 12.2. The number of nitrogens with zero attached hydrogens (tertiary/aromatic N) is 3. The van der Waals surface area contributed by atoms with Crippen molar-refractivity contribution in [3.05, 3.63) is 64.9 Å². The zero-order valence-corrected chi connectivity index (χ0v) is 19.7. The number of carbonyl (C=O) groups excluding carboxylic acids is 1. The van der Waals surface area contributed by atoms with E-state index in [4.69, 9.17) is 4.74 Å². The molecule has 0 bridgehead atoms. The number of benzene rings is 2. The van der Waals surface area contributed by atoms with Crippen molar-refractivity contribution in [2.24, 2.45) is 0 Å². The van der Waals surface area contributed by atoms with Crippen molar-refractivity contribution in [1.82, 2.24) is 0 Å². The molecule has 4 rings (SSSR count). The largest absolute Gasteiger partial charge is 0.633 e. The van der Waals surface area contributed by atoms with Crippen LogP contribution in [0.1, 0.15) is 31.9 Å². The number of likely N-dealkylation sites (N-methyl/N-ethyl adjacent to an activating group) is 1. The van der Waals surface area contributed by atoms with Gasteiger partial charge in [-0.25, -0.2) is 0 Å². The molecule has 2 aromatic carbocycles. The zero-order valence-electron chi connectivity index (χ0n) is 19.7. The van der Waals surface area contributed by atoms with Gasteiger partial charge < -0.3 is 24.4 Å². The molecule has 2 aromatic rings. The van der Waals surface area contributed by atoms with Gasteiger partial charge in [0.2, 0.25) is 0 Å². The second kappa shape index (κ2) is 8.85. The van der Waals surface area contributed by atoms with Crippen LogP contribution >= 0.6 is 0 Å². The molecule has 6 heteroatoms. The average Bonchev–Trinajstić information content (AvgIpc) is 2.75. The minimum atomic E-state index is -0.502. The number of para-hydroxylation sites is 1. The number of amides is 1. The fourth-order valence-corrected chi connectivity index (χ4v) is 4.51. The first kappa shape index (κ1) is 22.8. The van der Waals surface area contributed by atoms with E-state index in [2.05, 4.69) is 49.9 Å². The summed E-state index contributed by atoms with van der Waals surface area (Å²) >= 11 is 0. The Kier molecular flexibility index (Phi) is 6.30. The first-order valence-corrected chi connectivity index (χ1v) is 11.6. The number of piperazine rings is 1. The average molecular weight is 438 g/mol. The molecule has 172 valence electrons. The predicted octanol–water partition coefficient (Wildman–Crippen LogP) is 3.72. The topological polar surface area (TPSA) is 55.8 Å². The number of rotatable bonds is 4. The van der Waals surface area contributed by atoms with Gasteiger partial charge in [0.15, 0.2) is 0 Å². The molecule has 0 saturated carbocycles. The third kappa shape index (κ3) is 4.98. The summed E-state index contributed by atoms with van der Waals surface area (Å²) in [7, 11) is 1.74. The highest BCUT2D eigenvalue weighted by molar-refractivity contribution is 5.97. The molecule has 1 amide bonds. The van der Waals surface area contributed by atoms with Crippen molar-refractivity contribution in [3.63, 3.8) is 0 Å². The number of quaternary nitrogens is 1. The van der Waals surface area contributed by atoms with Crippen LogP contribution in [0.15, 0.2) is 48.5 Å². The Balaban J connectivity index is 1.49. The van der Waals surface area contributed by atoms with Crippen molar-refractivity contribution in [2.45, 2.75) is 38.7 Å². The lowest BCUT2D eigenvalue weighted by molar-refractivity contribution is -0.861. The standard InChI is InChI=1S/C26H35N3O3/c1-26(2,3)21-9-11-22(12-10-21)28-15-18-32-24(25(28)30)19-20-7-5-6-8-23(20)27-13-16-29(4,31)17-14-27/h5-12,24H,13-19H2,1-4H3. The molecule has 0 radical (unpaired) electrons. The molecule has 2 saturated heterocycles. The molecule has 32 heavy (non-hydrogen) atoms. The summed E-state index contributed by atoms with van der Waals surface area (Å²) in [5.41, 5.74) is 4.46. The maximum Gasteiger partial charge on any atom is 0.256 e. The highest BCUT2D eigenvalue weighted by atomic mass is 16.5. The van der Waals surface area contributed by atoms with Crippen LogP contribution < -0.4 is 9.80 Å². The number of ether oxygens (including phenoxy) is 1. The Bertz CT molecular complexity index is 940. The highest BCUT2D eigenvalue weighted by Gasteiger charge is 2.32. The number of hydrogen-bond donors (Lipinski definition) is 0. The maximum atomic E-state index is 13.3. The molecule has 2 aliphatic rings. The highest BCUT2D eigenvalue weighted by Crippen LogP contribution is 2.29. The van der Waals surface area contributed by atoms with Gasteiger partial charge in [0.25, 0.3) is 5.91 Å². The van der Waals surface area contributed by atoms with E-state index in [-0.39, 0.29) is 16.0 Å². The van der Waals surface area contributed by atoms with E-state index in [1.54, 1.807) is 7.05 Å². The Morgan fingerprint density at radius 3 is 2.34 bits per heavy atom. The second-order valence-corrected chi connectivity index (χ2v) is 10.2. The number of morpholine rings is 1. The van der Waals surface area contributed by atoms with E-state index < -0.39 is 6.10 Å². The normalized spacial score (nSPS) is 21.7. The van der Waals surface area contributed by atoms with E-state index in [0.29, 0.717) is 32.7 Å². The van der Waals surface area contributed by atoms with Crippen LogP contribution in [0, 0.1) is 5.21 Å². The van der Waals surface area contributed by atoms with E-state index >= 15 is 0 Å². The molecule has 0 N–H and O–H groups in total. The summed E-state index contributed by atoms with van der Waals surface area (Å²) in [5.74, 6) is 0.0111. The Morgan fingerprint density at radius 1 is 1.03 bits per heavy atom. The summed E-state index contributed by atoms with van der Waals surface area (Å²) in [6.45, 7) is 10.3. The summed E-state index contributed by atoms with van der Waals surface area (Å²) in [6.07, 6.45) is 0.0310. The third-order valence-electron chi connectivity index (χ3n) is 6.64. The van der Waals surface area contributed by atoms with Crippen molar-refractivity contribution in [2.75, 3.05) is 56.2 Å². The quantitative estimate of drug-likeness (QED) is 0.540. The van der Waals surface area contributed by atoms with Gasteiger partial charge in [-0.2, -0.15) is 0 Å². The van der Waals surface area contributed by atoms with Crippen molar-refractivity contribution < 1.29 is 14.2 Å². The lowest BCUT2D eigenvalue weighted by Crippen LogP contribution is -2.54. The number of carbonyl (C=O) groups is 1. The molecule has 0 aromatic heterocycles. The van der Waals surface area contributed by atoms with Crippen molar-refractivity contribution in [1.29, 1.82) is 0 Å². The van der Waals surface area contributed by atoms with Crippen molar-refractivity contribution in [3.8, 4) is 0 Å². The summed E-state index contributed by atoms with van der Waals surface area (Å²) in [4.78, 5) is 17.4. The van der Waals surface area contributed by atoms with Gasteiger partial charge in [-0.15, -0.1) is 0 Å². The minimum absolute atomic E-state index is 0.0111. The second-order valence-electron chi connectivity index (χ2n) is 10.2. The number of hydrogen-bond acceptors (Lipinski definition) is 4. The van der Waals surface area contributed by atoms with Crippen LogP contribution in [-0.4, -0.2) is 63.0 Å². The Morgan fingerprint density at radius 2 is 1.69 bits per heavy atom. The van der Waals surface area contributed by atoms with E-state index in [9.17, 15) is 10.0 Å². The van der Waals surface area contributed by atoms with Crippen molar-refractivity contribution >= 4 is 17.3 Å². The van der Waals surface area contributed by atoms with Crippen LogP contribution in [0.4, 0.5) is 11.4 Å². The van der Waals surface area contributed by atoms with Gasteiger partial charge in [-0.3, -0.25) is 4.79 Å². The number of anilines is 2. The Labute approximate surface area is 191 Å². The van der Waals surface area contributed by atoms with Crippen LogP contribution in [0.5, 0.6) is 0 Å². The molecule has 0 aliphatic carbocycles. The molecule has 6 nitrogen and oxygen atoms in total. The van der Waals surface area contributed by atoms with E-state index in [1.807, 2.05) is 29.2 Å². The fourth-order valence-electron chi connectivity index (χ4n) is 4.51. The van der Waals surface area contributed by atoms with Crippen LogP contribution in [0.2, 0.25) is 0 Å². The molecule has 1 unspecified atom stereocenters. The molecule has 2 fully saturated rings. The van der Waals surface area contributed by atoms with Gasteiger partial charge >= 0.3 is 0 Å². The van der Waals surface area contributed by atoms with Crippen LogP contribution in [0.3, 0.4) is 0 Å². The Hall–Kier alpha value is -2.41. The monoisotopic (exact) mass is 437 g/mol. The minimum Gasteiger partial charge on any atom is -0.633 e. The van der Waals surface area contributed by atoms with E-state index in [0.717, 1.165) is 30.0 Å². The molecule has 2 aliphatic heterocycles. The van der Waals surface area contributed by atoms with E-state index in [1.165, 1.54) is 5.56 Å². The van der Waals surface area contributed by atoms with Crippen LogP contribution in [0.25, 0.3) is 0 Å². The SMILES string of the molecule is CC(C)(C)c1ccc(N2CCOC(Cc3ccccc3N3CC[N+](C)([O-])CC3)C2=O)cc1. The lowest BCUT2D eigenvalue weighted by Gasteiger charge is -2.46. The molecule has 1 atom stereocenters. The van der Waals surface area contributed by atoms with Gasteiger partial charge in [0, 0.05) is 24.3 Å². The third-order valence-corrected chi connectivity index (χ3v) is 6.64. The maximum absolute atomic E-state index is 13.3. The first-order chi connectivity index (χ1) is 15.1. The lowest BCUT2D eigenvalue weighted by atomic mass is 9.87. The van der Waals surface area contributed by atoms with Gasteiger partial charge in [0.05, 0.1) is 39.8 Å². The molecule has 2 heterocycles. The van der Waals surface area contributed by atoms with Gasteiger partial charge in [-0.05, 0) is 34.7 Å². The van der Waals surface area contributed by atoms with Gasteiger partial charge in [-0.1, -0.05) is 51.1 Å². The fraction of sp³-hybridized carbons (Fsp3) is 0.500. The summed E-state index contributed by atoms with van der Waals surface area (Å²) in [6, 6.07) is 16.5. The first-order valence-electron chi connectivity index (χ1n) is 11.6. The van der Waals surface area contributed by atoms with Crippen LogP contribution in [-0.2, 0) is 21.4 Å². The van der Waals surface area contributed by atoms with Gasteiger partial charge in [0.1, 0.15) is 6.10 Å². The zero-order chi connectivity index (χ0) is 22.9.